The van der Waals surface area contributed by atoms with Gasteiger partial charge in [0.15, 0.2) is 0 Å². The molecule has 1 fully saturated rings. The normalized spacial score (nSPS) is 18.4. The minimum Gasteiger partial charge on any atom is -0.378 e. The first-order chi connectivity index (χ1) is 8.08. The Morgan fingerprint density at radius 3 is 2.82 bits per heavy atom. The molecule has 2 heterocycles. The molecule has 1 aliphatic heterocycles. The van der Waals surface area contributed by atoms with Crippen molar-refractivity contribution >= 4 is 11.3 Å². The summed E-state index contributed by atoms with van der Waals surface area (Å²) in [5.41, 5.74) is -0.166. The van der Waals surface area contributed by atoms with Gasteiger partial charge in [0.05, 0.1) is 19.3 Å². The molecule has 1 aromatic rings. The van der Waals surface area contributed by atoms with E-state index in [1.807, 2.05) is 0 Å². The summed E-state index contributed by atoms with van der Waals surface area (Å²) in [5, 5.41) is 14.6. The predicted molar refractivity (Wildman–Crippen MR) is 69.1 cm³/mol. The minimum absolute atomic E-state index is 0.120. The summed E-state index contributed by atoms with van der Waals surface area (Å²) in [6.45, 7) is 7.19. The van der Waals surface area contributed by atoms with Crippen LogP contribution in [0.3, 0.4) is 0 Å². The van der Waals surface area contributed by atoms with E-state index >= 15 is 0 Å². The van der Waals surface area contributed by atoms with Gasteiger partial charge in [0.25, 0.3) is 0 Å². The third-order valence-corrected chi connectivity index (χ3v) is 4.45. The molecule has 4 heteroatoms. The van der Waals surface area contributed by atoms with Gasteiger partial charge in [-0.25, -0.2) is 0 Å². The molecule has 0 unspecified atom stereocenters. The molecule has 3 nitrogen and oxygen atoms in total. The van der Waals surface area contributed by atoms with Gasteiger partial charge in [-0.3, -0.25) is 0 Å². The highest BCUT2D eigenvalue weighted by Crippen LogP contribution is 2.28. The molecule has 1 aromatic heterocycles. The van der Waals surface area contributed by atoms with E-state index in [1.165, 1.54) is 4.88 Å². The molecule has 1 aliphatic rings. The number of ether oxygens (including phenoxy) is 1. The summed E-state index contributed by atoms with van der Waals surface area (Å²) in [6, 6.07) is 6.60. The first-order valence-electron chi connectivity index (χ1n) is 5.82. The van der Waals surface area contributed by atoms with Gasteiger partial charge in [-0.05, 0) is 11.4 Å². The first kappa shape index (κ1) is 12.6. The third-order valence-electron chi connectivity index (χ3n) is 3.21. The molecule has 92 valence electrons. The molecule has 1 N–H and O–H groups in total. The average molecular weight is 250 g/mol. The van der Waals surface area contributed by atoms with Crippen LogP contribution in [0.5, 0.6) is 0 Å². The fourth-order valence-electron chi connectivity index (χ4n) is 1.92. The van der Waals surface area contributed by atoms with E-state index in [1.54, 1.807) is 11.3 Å². The highest BCUT2D eigenvalue weighted by molar-refractivity contribution is 7.10. The van der Waals surface area contributed by atoms with Gasteiger partial charge in [-0.2, -0.15) is 5.26 Å². The van der Waals surface area contributed by atoms with Crippen molar-refractivity contribution < 1.29 is 4.74 Å². The van der Waals surface area contributed by atoms with Crippen molar-refractivity contribution in [1.82, 2.24) is 5.32 Å². The van der Waals surface area contributed by atoms with Crippen LogP contribution >= 0.6 is 11.3 Å². The summed E-state index contributed by atoms with van der Waals surface area (Å²) >= 11 is 1.78. The van der Waals surface area contributed by atoms with Gasteiger partial charge in [0, 0.05) is 23.4 Å². The second-order valence-electron chi connectivity index (χ2n) is 5.35. The van der Waals surface area contributed by atoms with Crippen molar-refractivity contribution in [1.29, 1.82) is 5.26 Å². The van der Waals surface area contributed by atoms with E-state index in [0.717, 1.165) is 13.1 Å². The Bertz CT molecular complexity index is 402. The average Bonchev–Trinajstić information content (AvgIpc) is 2.76. The molecule has 0 amide bonds. The summed E-state index contributed by atoms with van der Waals surface area (Å²) < 4.78 is 5.12. The molecular formula is C13H18N2OS. The summed E-state index contributed by atoms with van der Waals surface area (Å²) in [6.07, 6.45) is 0. The SMILES string of the molecule is CC(C)(CNCC1(C#N)COC1)c1cccs1. The highest BCUT2D eigenvalue weighted by Gasteiger charge is 2.39. The standard InChI is InChI=1S/C13H18N2OS/c1-12(2,11-4-3-5-17-11)7-15-8-13(6-14)9-16-10-13/h3-5,15H,7-10H2,1-2H3. The number of nitriles is 1. The molecule has 0 radical (unpaired) electrons. The monoisotopic (exact) mass is 250 g/mol. The maximum Gasteiger partial charge on any atom is 0.116 e. The van der Waals surface area contributed by atoms with Crippen molar-refractivity contribution in [3.8, 4) is 6.07 Å². The molecule has 0 aromatic carbocycles. The topological polar surface area (TPSA) is 45.0 Å². The number of hydrogen-bond donors (Lipinski definition) is 1. The van der Waals surface area contributed by atoms with Crippen LogP contribution in [0.1, 0.15) is 18.7 Å². The van der Waals surface area contributed by atoms with Crippen molar-refractivity contribution in [2.24, 2.45) is 5.41 Å². The van der Waals surface area contributed by atoms with Crippen LogP contribution < -0.4 is 5.32 Å². The van der Waals surface area contributed by atoms with Crippen LogP contribution in [-0.2, 0) is 10.2 Å². The zero-order chi connectivity index (χ0) is 12.4. The van der Waals surface area contributed by atoms with Crippen LogP contribution in [0.2, 0.25) is 0 Å². The Hall–Kier alpha value is -0.890. The van der Waals surface area contributed by atoms with Crippen LogP contribution in [0.15, 0.2) is 17.5 Å². The van der Waals surface area contributed by atoms with Gasteiger partial charge >= 0.3 is 0 Å². The second-order valence-corrected chi connectivity index (χ2v) is 6.30. The Morgan fingerprint density at radius 2 is 2.35 bits per heavy atom. The second kappa shape index (κ2) is 4.77. The molecule has 1 saturated heterocycles. The number of thiophene rings is 1. The lowest BCUT2D eigenvalue weighted by molar-refractivity contribution is -0.0756. The van der Waals surface area contributed by atoms with E-state index in [9.17, 15) is 0 Å². The van der Waals surface area contributed by atoms with Crippen LogP contribution in [0.4, 0.5) is 0 Å². The molecule has 0 atom stereocenters. The van der Waals surface area contributed by atoms with Gasteiger partial charge < -0.3 is 10.1 Å². The van der Waals surface area contributed by atoms with Crippen LogP contribution in [0, 0.1) is 16.7 Å². The lowest BCUT2D eigenvalue weighted by Gasteiger charge is -2.36. The maximum absolute atomic E-state index is 9.08. The van der Waals surface area contributed by atoms with Crippen molar-refractivity contribution in [2.45, 2.75) is 19.3 Å². The zero-order valence-electron chi connectivity index (χ0n) is 10.3. The highest BCUT2D eigenvalue weighted by atomic mass is 32.1. The Kier molecular flexibility index (Phi) is 3.53. The zero-order valence-corrected chi connectivity index (χ0v) is 11.1. The molecular weight excluding hydrogens is 232 g/mol. The van der Waals surface area contributed by atoms with Gasteiger partial charge in [0.1, 0.15) is 5.41 Å². The van der Waals surface area contributed by atoms with Crippen LogP contribution in [0.25, 0.3) is 0 Å². The Labute approximate surface area is 106 Å². The number of hydrogen-bond acceptors (Lipinski definition) is 4. The van der Waals surface area contributed by atoms with Crippen molar-refractivity contribution in [3.05, 3.63) is 22.4 Å². The van der Waals surface area contributed by atoms with Gasteiger partial charge in [0.2, 0.25) is 0 Å². The molecule has 17 heavy (non-hydrogen) atoms. The molecule has 0 saturated carbocycles. The number of nitrogens with one attached hydrogen (secondary N) is 1. The smallest absolute Gasteiger partial charge is 0.116 e. The first-order valence-corrected chi connectivity index (χ1v) is 6.70. The van der Waals surface area contributed by atoms with E-state index in [-0.39, 0.29) is 10.8 Å². The largest absolute Gasteiger partial charge is 0.378 e. The summed E-state index contributed by atoms with van der Waals surface area (Å²) in [7, 11) is 0. The molecule has 0 spiro atoms. The Balaban J connectivity index is 1.84. The quantitative estimate of drug-likeness (QED) is 0.871. The summed E-state index contributed by atoms with van der Waals surface area (Å²) in [5.74, 6) is 0. The summed E-state index contributed by atoms with van der Waals surface area (Å²) in [4.78, 5) is 1.38. The van der Waals surface area contributed by atoms with Gasteiger partial charge in [-0.1, -0.05) is 19.9 Å². The van der Waals surface area contributed by atoms with E-state index < -0.39 is 0 Å². The lowest BCUT2D eigenvalue weighted by atomic mass is 9.86. The number of nitrogens with zero attached hydrogens (tertiary/aromatic N) is 1. The van der Waals surface area contributed by atoms with Gasteiger partial charge in [-0.15, -0.1) is 11.3 Å². The molecule has 0 aliphatic carbocycles. The van der Waals surface area contributed by atoms with E-state index in [2.05, 4.69) is 42.7 Å². The maximum atomic E-state index is 9.08. The predicted octanol–water partition coefficient (Wildman–Crippen LogP) is 2.16. The fraction of sp³-hybridized carbons (Fsp3) is 0.615. The molecule has 0 bridgehead atoms. The van der Waals surface area contributed by atoms with Crippen molar-refractivity contribution in [3.63, 3.8) is 0 Å². The Morgan fingerprint density at radius 1 is 1.59 bits per heavy atom. The third kappa shape index (κ3) is 2.68. The minimum atomic E-state index is -0.286. The van der Waals surface area contributed by atoms with E-state index in [0.29, 0.717) is 13.2 Å². The van der Waals surface area contributed by atoms with Crippen LogP contribution in [-0.4, -0.2) is 26.3 Å². The number of rotatable bonds is 5. The van der Waals surface area contributed by atoms with Crippen molar-refractivity contribution in [2.75, 3.05) is 26.3 Å². The fourth-order valence-corrected chi connectivity index (χ4v) is 2.77. The van der Waals surface area contributed by atoms with E-state index in [4.69, 9.17) is 10.00 Å². The lowest BCUT2D eigenvalue weighted by Crippen LogP contribution is -2.50. The molecule has 2 rings (SSSR count).